The van der Waals surface area contributed by atoms with Crippen molar-refractivity contribution in [1.29, 1.82) is 5.26 Å². The smallest absolute Gasteiger partial charge is 0.202 e. The van der Waals surface area contributed by atoms with Crippen LogP contribution in [0.3, 0.4) is 0 Å². The average Bonchev–Trinajstić information content (AvgIpc) is 2.70. The van der Waals surface area contributed by atoms with Crippen molar-refractivity contribution in [3.8, 4) is 6.19 Å². The number of rotatable bonds is 5. The maximum absolute atomic E-state index is 8.23. The summed E-state index contributed by atoms with van der Waals surface area (Å²) in [7, 11) is 0. The van der Waals surface area contributed by atoms with Crippen LogP contribution in [0.4, 0.5) is 0 Å². The quantitative estimate of drug-likeness (QED) is 0.215. The first-order valence-corrected chi connectivity index (χ1v) is 5.48. The van der Waals surface area contributed by atoms with E-state index in [0.29, 0.717) is 6.54 Å². The first-order chi connectivity index (χ1) is 7.33. The van der Waals surface area contributed by atoms with Crippen LogP contribution in [0.25, 0.3) is 0 Å². The molecule has 1 rings (SSSR count). The zero-order valence-electron chi connectivity index (χ0n) is 8.10. The molecule has 7 heteroatoms. The van der Waals surface area contributed by atoms with Crippen LogP contribution >= 0.6 is 11.8 Å². The Morgan fingerprint density at radius 3 is 3.33 bits per heavy atom. The molecule has 0 saturated carbocycles. The van der Waals surface area contributed by atoms with Crippen LogP contribution in [0, 0.1) is 11.5 Å². The fourth-order valence-electron chi connectivity index (χ4n) is 0.873. The Labute approximate surface area is 92.0 Å². The number of nitrogens with two attached hydrogens (primary N) is 1. The van der Waals surface area contributed by atoms with Gasteiger partial charge in [0.15, 0.2) is 6.19 Å². The number of thioether (sulfide) groups is 1. The van der Waals surface area contributed by atoms with Gasteiger partial charge in [-0.15, -0.1) is 0 Å². The number of aromatic amines is 1. The highest BCUT2D eigenvalue weighted by atomic mass is 32.2. The van der Waals surface area contributed by atoms with Gasteiger partial charge in [0.25, 0.3) is 0 Å². The van der Waals surface area contributed by atoms with Gasteiger partial charge in [0.1, 0.15) is 0 Å². The molecule has 0 radical (unpaired) electrons. The Morgan fingerprint density at radius 1 is 1.80 bits per heavy atom. The molecule has 0 amide bonds. The van der Waals surface area contributed by atoms with Crippen molar-refractivity contribution in [2.24, 2.45) is 10.7 Å². The zero-order valence-corrected chi connectivity index (χ0v) is 8.92. The normalized spacial score (nSPS) is 11.0. The van der Waals surface area contributed by atoms with Gasteiger partial charge >= 0.3 is 0 Å². The van der Waals surface area contributed by atoms with Gasteiger partial charge in [0.2, 0.25) is 5.96 Å². The first kappa shape index (κ1) is 11.4. The largest absolute Gasteiger partial charge is 0.369 e. The van der Waals surface area contributed by atoms with E-state index < -0.39 is 0 Å². The maximum Gasteiger partial charge on any atom is 0.202 e. The van der Waals surface area contributed by atoms with E-state index in [-0.39, 0.29) is 5.96 Å². The highest BCUT2D eigenvalue weighted by Crippen LogP contribution is 2.07. The second-order valence-electron chi connectivity index (χ2n) is 2.63. The molecule has 0 aliphatic heterocycles. The number of aromatic nitrogens is 2. The van der Waals surface area contributed by atoms with Crippen molar-refractivity contribution in [1.82, 2.24) is 15.3 Å². The monoisotopic (exact) mass is 224 g/mol. The lowest BCUT2D eigenvalue weighted by Gasteiger charge is -1.97. The minimum absolute atomic E-state index is 0.166. The van der Waals surface area contributed by atoms with Gasteiger partial charge in [-0.3, -0.25) is 10.3 Å². The van der Waals surface area contributed by atoms with E-state index in [1.165, 1.54) is 0 Å². The molecule has 0 fully saturated rings. The van der Waals surface area contributed by atoms with Crippen molar-refractivity contribution in [2.75, 3.05) is 12.3 Å². The number of nitrogens with one attached hydrogen (secondary N) is 2. The van der Waals surface area contributed by atoms with Crippen molar-refractivity contribution in [3.05, 3.63) is 18.2 Å². The van der Waals surface area contributed by atoms with Gasteiger partial charge < -0.3 is 10.7 Å². The summed E-state index contributed by atoms with van der Waals surface area (Å²) in [6.45, 7) is 0.597. The second-order valence-corrected chi connectivity index (χ2v) is 3.74. The van der Waals surface area contributed by atoms with Crippen LogP contribution in [0.2, 0.25) is 0 Å². The number of guanidine groups is 1. The van der Waals surface area contributed by atoms with Gasteiger partial charge in [0.05, 0.1) is 12.9 Å². The summed E-state index contributed by atoms with van der Waals surface area (Å²) in [5, 5.41) is 10.5. The summed E-state index contributed by atoms with van der Waals surface area (Å²) in [4.78, 5) is 10.9. The third-order valence-electron chi connectivity index (χ3n) is 1.51. The van der Waals surface area contributed by atoms with E-state index in [1.54, 1.807) is 30.5 Å². The molecule has 6 nitrogen and oxygen atoms in total. The molecule has 0 aliphatic carbocycles. The molecule has 1 aromatic heterocycles. The molecule has 0 unspecified atom stereocenters. The number of nitrogens with zero attached hydrogens (tertiary/aromatic N) is 3. The van der Waals surface area contributed by atoms with Gasteiger partial charge in [-0.25, -0.2) is 4.98 Å². The van der Waals surface area contributed by atoms with E-state index in [2.05, 4.69) is 20.3 Å². The summed E-state index contributed by atoms with van der Waals surface area (Å²) in [5.41, 5.74) is 6.44. The number of nitriles is 1. The Hall–Kier alpha value is -1.68. The van der Waals surface area contributed by atoms with Gasteiger partial charge in [-0.1, -0.05) is 0 Å². The van der Waals surface area contributed by atoms with Gasteiger partial charge in [-0.2, -0.15) is 17.0 Å². The summed E-state index contributed by atoms with van der Waals surface area (Å²) in [6.07, 6.45) is 5.15. The van der Waals surface area contributed by atoms with E-state index in [9.17, 15) is 0 Å². The van der Waals surface area contributed by atoms with Gasteiger partial charge in [0, 0.05) is 23.4 Å². The molecular formula is C8H12N6S. The van der Waals surface area contributed by atoms with E-state index >= 15 is 0 Å². The van der Waals surface area contributed by atoms with Gasteiger partial charge in [-0.05, 0) is 0 Å². The van der Waals surface area contributed by atoms with Crippen molar-refractivity contribution >= 4 is 17.7 Å². The number of aliphatic imine (C=N–C) groups is 1. The van der Waals surface area contributed by atoms with Crippen LogP contribution in [-0.2, 0) is 5.75 Å². The molecule has 0 spiro atoms. The minimum Gasteiger partial charge on any atom is -0.369 e. The number of hydrogen-bond acceptors (Lipinski definition) is 4. The molecule has 15 heavy (non-hydrogen) atoms. The first-order valence-electron chi connectivity index (χ1n) is 4.33. The van der Waals surface area contributed by atoms with Crippen LogP contribution in [-0.4, -0.2) is 28.2 Å². The Balaban J connectivity index is 2.07. The molecule has 4 N–H and O–H groups in total. The molecule has 0 aromatic carbocycles. The van der Waals surface area contributed by atoms with E-state index in [0.717, 1.165) is 17.2 Å². The molecule has 1 heterocycles. The maximum atomic E-state index is 8.23. The third kappa shape index (κ3) is 4.93. The summed E-state index contributed by atoms with van der Waals surface area (Å²) < 4.78 is 0. The predicted molar refractivity (Wildman–Crippen MR) is 60.0 cm³/mol. The van der Waals surface area contributed by atoms with Crippen molar-refractivity contribution in [3.63, 3.8) is 0 Å². The standard InChI is InChI=1S/C8H12N6S/c9-5-13-8(10)12-1-2-15-4-7-3-11-6-14-7/h3,6H,1-2,4H2,(H,11,14)(H3,10,12,13). The van der Waals surface area contributed by atoms with Crippen LogP contribution < -0.4 is 11.1 Å². The third-order valence-corrected chi connectivity index (χ3v) is 2.50. The molecule has 0 bridgehead atoms. The molecular weight excluding hydrogens is 212 g/mol. The highest BCUT2D eigenvalue weighted by Gasteiger charge is 1.94. The highest BCUT2D eigenvalue weighted by molar-refractivity contribution is 7.98. The van der Waals surface area contributed by atoms with E-state index in [4.69, 9.17) is 11.0 Å². The summed E-state index contributed by atoms with van der Waals surface area (Å²) in [6, 6.07) is 0. The summed E-state index contributed by atoms with van der Waals surface area (Å²) >= 11 is 1.73. The SMILES string of the molecule is N#CNC(N)=NCCSCc1cnc[nH]1. The lowest BCUT2D eigenvalue weighted by atomic mass is 10.6. The Bertz CT molecular complexity index is 339. The zero-order chi connectivity index (χ0) is 10.9. The molecule has 0 atom stereocenters. The fourth-order valence-corrected chi connectivity index (χ4v) is 1.62. The predicted octanol–water partition coefficient (Wildman–Crippen LogP) is 0.0283. The second kappa shape index (κ2) is 6.73. The molecule has 1 aromatic rings. The van der Waals surface area contributed by atoms with Crippen LogP contribution in [0.5, 0.6) is 0 Å². The Morgan fingerprint density at radius 2 is 2.67 bits per heavy atom. The molecule has 0 saturated heterocycles. The lowest BCUT2D eigenvalue weighted by Crippen LogP contribution is -2.27. The fraction of sp³-hybridized carbons (Fsp3) is 0.375. The number of H-pyrrole nitrogens is 1. The average molecular weight is 224 g/mol. The topological polar surface area (TPSA) is 103 Å². The number of hydrogen-bond donors (Lipinski definition) is 3. The van der Waals surface area contributed by atoms with E-state index in [1.807, 2.05) is 0 Å². The van der Waals surface area contributed by atoms with Crippen molar-refractivity contribution < 1.29 is 0 Å². The van der Waals surface area contributed by atoms with Crippen LogP contribution in [0.1, 0.15) is 5.69 Å². The number of imidazole rings is 1. The molecule has 0 aliphatic rings. The minimum atomic E-state index is 0.166. The Kier molecular flexibility index (Phi) is 5.11. The van der Waals surface area contributed by atoms with Crippen molar-refractivity contribution in [2.45, 2.75) is 5.75 Å². The lowest BCUT2D eigenvalue weighted by molar-refractivity contribution is 1.09. The van der Waals surface area contributed by atoms with Crippen LogP contribution in [0.15, 0.2) is 17.5 Å². The molecule has 80 valence electrons. The summed E-state index contributed by atoms with van der Waals surface area (Å²) in [5.74, 6) is 1.90.